The molecule has 0 bridgehead atoms. The summed E-state index contributed by atoms with van der Waals surface area (Å²) in [7, 11) is -0.0890. The summed E-state index contributed by atoms with van der Waals surface area (Å²) >= 11 is 0. The van der Waals surface area contributed by atoms with Gasteiger partial charge in [0.1, 0.15) is 0 Å². The van der Waals surface area contributed by atoms with Gasteiger partial charge in [0.05, 0.1) is 55.6 Å². The number of benzene rings is 2. The summed E-state index contributed by atoms with van der Waals surface area (Å²) in [6, 6.07) is 4.70. The van der Waals surface area contributed by atoms with Crippen molar-refractivity contribution in [1.82, 2.24) is 10.2 Å². The largest absolute Gasteiger partial charge is 0.420 e. The third-order valence-corrected chi connectivity index (χ3v) is 11.1. The molecular formula is C30H40N6O12Si. The molecule has 49 heavy (non-hydrogen) atoms. The number of rotatable bonds is 17. The van der Waals surface area contributed by atoms with E-state index in [1.807, 2.05) is 6.92 Å². The van der Waals surface area contributed by atoms with E-state index in [9.17, 15) is 50.0 Å². The van der Waals surface area contributed by atoms with E-state index in [1.165, 1.54) is 4.90 Å². The van der Waals surface area contributed by atoms with Crippen LogP contribution in [0.4, 0.5) is 22.7 Å². The highest BCUT2D eigenvalue weighted by molar-refractivity contribution is 6.71. The molecule has 1 unspecified atom stereocenters. The number of nitrogens with one attached hydrogen (secondary N) is 1. The van der Waals surface area contributed by atoms with Gasteiger partial charge in [-0.25, -0.2) is 0 Å². The zero-order chi connectivity index (χ0) is 36.5. The van der Waals surface area contributed by atoms with Gasteiger partial charge in [-0.2, -0.15) is 0 Å². The average molecular weight is 705 g/mol. The number of nitrogens with zero attached hydrogens (tertiary/aromatic N) is 5. The van der Waals surface area contributed by atoms with Crippen LogP contribution in [-0.4, -0.2) is 83.7 Å². The molecule has 1 N–H and O–H groups in total. The van der Waals surface area contributed by atoms with E-state index in [0.717, 1.165) is 48.9 Å². The van der Waals surface area contributed by atoms with Gasteiger partial charge >= 0.3 is 0 Å². The van der Waals surface area contributed by atoms with Crippen molar-refractivity contribution in [2.24, 2.45) is 5.92 Å². The van der Waals surface area contributed by atoms with E-state index in [-0.39, 0.29) is 30.2 Å². The third kappa shape index (κ3) is 10.8. The molecule has 2 aromatic carbocycles. The molecule has 0 spiro atoms. The second-order valence-corrected chi connectivity index (χ2v) is 17.1. The number of hydrogen-bond donors (Lipinski definition) is 1. The Bertz CT molecular complexity index is 1520. The van der Waals surface area contributed by atoms with Crippen LogP contribution in [0.15, 0.2) is 36.4 Å². The first-order chi connectivity index (χ1) is 23.0. The summed E-state index contributed by atoms with van der Waals surface area (Å²) in [5.41, 5.74) is -3.19. The molecule has 3 rings (SSSR count). The molecule has 1 aliphatic rings. The van der Waals surface area contributed by atoms with Crippen LogP contribution >= 0.6 is 0 Å². The number of non-ortho nitro benzene ring substituents is 4. The molecule has 0 heterocycles. The van der Waals surface area contributed by atoms with Crippen molar-refractivity contribution in [3.05, 3.63) is 88.0 Å². The van der Waals surface area contributed by atoms with Crippen LogP contribution < -0.4 is 5.32 Å². The highest BCUT2D eigenvalue weighted by Gasteiger charge is 2.37. The number of nitro benzene ring substituents is 4. The standard InChI is InChI=1S/C30H40N6O12Si/c1-20(19-48-10-7-11-49(3,4)47-2)18-32(30(38)22-14-25(35(43)44)17-26(15-22)36(45)46)28-9-6-5-8-27(28)31-29(37)21-12-23(33(39)40)16-24(13-21)34(41)42/h12-17,20,27-28H,5-11,18-19H2,1-4H3,(H,31,37)/t20?,27-,28-/m0/s1. The van der Waals surface area contributed by atoms with Crippen molar-refractivity contribution in [3.63, 3.8) is 0 Å². The van der Waals surface area contributed by atoms with Crippen LogP contribution in [0.2, 0.25) is 19.1 Å². The van der Waals surface area contributed by atoms with E-state index in [2.05, 4.69) is 18.4 Å². The number of amides is 2. The minimum atomic E-state index is -1.77. The second-order valence-electron chi connectivity index (χ2n) is 12.6. The molecule has 0 aliphatic heterocycles. The Morgan fingerprint density at radius 2 is 1.35 bits per heavy atom. The Morgan fingerprint density at radius 1 is 0.857 bits per heavy atom. The number of nitro groups is 4. The van der Waals surface area contributed by atoms with Crippen LogP contribution in [0, 0.1) is 46.4 Å². The summed E-state index contributed by atoms with van der Waals surface area (Å²) in [4.78, 5) is 71.6. The van der Waals surface area contributed by atoms with E-state index >= 15 is 0 Å². The van der Waals surface area contributed by atoms with E-state index < -0.39 is 74.7 Å². The molecule has 0 aromatic heterocycles. The van der Waals surface area contributed by atoms with Crippen molar-refractivity contribution in [3.8, 4) is 0 Å². The topological polar surface area (TPSA) is 240 Å². The fraction of sp³-hybridized carbons (Fsp3) is 0.533. The predicted molar refractivity (Wildman–Crippen MR) is 178 cm³/mol. The van der Waals surface area contributed by atoms with Crippen molar-refractivity contribution in [2.75, 3.05) is 26.9 Å². The van der Waals surface area contributed by atoms with Crippen LogP contribution in [0.25, 0.3) is 0 Å². The van der Waals surface area contributed by atoms with Gasteiger partial charge < -0.3 is 19.4 Å². The number of carbonyl (C=O) groups excluding carboxylic acids is 2. The van der Waals surface area contributed by atoms with Gasteiger partial charge in [0, 0.05) is 50.6 Å². The SMILES string of the molecule is CO[Si](C)(C)CCCOCC(C)CN(C(=O)c1cc([N+](=O)[O-])cc([N+](=O)[O-])c1)[C@H]1CCCC[C@@H]1NC(=O)c1cc([N+](=O)[O-])cc([N+](=O)[O-])c1. The molecule has 1 fully saturated rings. The predicted octanol–water partition coefficient (Wildman–Crippen LogP) is 5.40. The van der Waals surface area contributed by atoms with Crippen LogP contribution in [0.1, 0.15) is 59.7 Å². The van der Waals surface area contributed by atoms with Crippen molar-refractivity contribution in [1.29, 1.82) is 0 Å². The first kappa shape index (κ1) is 38.6. The van der Waals surface area contributed by atoms with Crippen molar-refractivity contribution < 1.29 is 38.4 Å². The fourth-order valence-electron chi connectivity index (χ4n) is 5.68. The van der Waals surface area contributed by atoms with Gasteiger partial charge in [-0.15, -0.1) is 0 Å². The monoisotopic (exact) mass is 704 g/mol. The van der Waals surface area contributed by atoms with Crippen LogP contribution in [0.3, 0.4) is 0 Å². The maximum absolute atomic E-state index is 14.2. The molecular weight excluding hydrogens is 664 g/mol. The van der Waals surface area contributed by atoms with Gasteiger partial charge in [0.25, 0.3) is 34.6 Å². The lowest BCUT2D eigenvalue weighted by Crippen LogP contribution is -2.56. The first-order valence-electron chi connectivity index (χ1n) is 15.7. The summed E-state index contributed by atoms with van der Waals surface area (Å²) in [5, 5.41) is 48.8. The summed E-state index contributed by atoms with van der Waals surface area (Å²) in [6.07, 6.45) is 2.80. The first-order valence-corrected chi connectivity index (χ1v) is 18.8. The van der Waals surface area contributed by atoms with E-state index in [1.54, 1.807) is 7.11 Å². The second kappa shape index (κ2) is 17.0. The Balaban J connectivity index is 1.94. The summed E-state index contributed by atoms with van der Waals surface area (Å²) < 4.78 is 11.5. The van der Waals surface area contributed by atoms with Gasteiger partial charge in [-0.3, -0.25) is 50.0 Å². The van der Waals surface area contributed by atoms with Gasteiger partial charge in [-0.05, 0) is 44.3 Å². The molecule has 1 saturated carbocycles. The van der Waals surface area contributed by atoms with E-state index in [0.29, 0.717) is 32.3 Å². The average Bonchev–Trinajstić information content (AvgIpc) is 3.06. The Hall–Kier alpha value is -4.88. The minimum absolute atomic E-state index is 0.0625. The minimum Gasteiger partial charge on any atom is -0.420 e. The molecule has 0 radical (unpaired) electrons. The zero-order valence-corrected chi connectivity index (χ0v) is 28.7. The number of ether oxygens (including phenoxy) is 1. The molecule has 3 atom stereocenters. The Morgan fingerprint density at radius 3 is 1.84 bits per heavy atom. The van der Waals surface area contributed by atoms with Gasteiger partial charge in [0.15, 0.2) is 8.32 Å². The fourth-order valence-corrected chi connectivity index (χ4v) is 6.88. The molecule has 266 valence electrons. The molecule has 2 amide bonds. The zero-order valence-electron chi connectivity index (χ0n) is 27.7. The smallest absolute Gasteiger partial charge is 0.277 e. The van der Waals surface area contributed by atoms with Crippen LogP contribution in [0.5, 0.6) is 0 Å². The molecule has 1 aliphatic carbocycles. The lowest BCUT2D eigenvalue weighted by Gasteiger charge is -2.41. The van der Waals surface area contributed by atoms with E-state index in [4.69, 9.17) is 9.16 Å². The molecule has 2 aromatic rings. The van der Waals surface area contributed by atoms with Gasteiger partial charge in [0.2, 0.25) is 0 Å². The summed E-state index contributed by atoms with van der Waals surface area (Å²) in [6.45, 7) is 6.78. The summed E-state index contributed by atoms with van der Waals surface area (Å²) in [5.74, 6) is -1.84. The highest BCUT2D eigenvalue weighted by Crippen LogP contribution is 2.30. The lowest BCUT2D eigenvalue weighted by atomic mass is 9.87. The third-order valence-electron chi connectivity index (χ3n) is 8.40. The van der Waals surface area contributed by atoms with Crippen molar-refractivity contribution in [2.45, 2.75) is 70.2 Å². The number of carbonyl (C=O) groups is 2. The maximum Gasteiger partial charge on any atom is 0.277 e. The molecule has 18 nitrogen and oxygen atoms in total. The van der Waals surface area contributed by atoms with Crippen molar-refractivity contribution >= 4 is 42.9 Å². The maximum atomic E-state index is 14.2. The lowest BCUT2D eigenvalue weighted by molar-refractivity contribution is -0.394. The Labute approximate surface area is 282 Å². The highest BCUT2D eigenvalue weighted by atomic mass is 28.4. The normalized spacial score (nSPS) is 16.7. The molecule has 0 saturated heterocycles. The quantitative estimate of drug-likeness (QED) is 0.0942. The number of hydrogen-bond acceptors (Lipinski definition) is 12. The van der Waals surface area contributed by atoms with Crippen LogP contribution in [-0.2, 0) is 9.16 Å². The van der Waals surface area contributed by atoms with Gasteiger partial charge in [-0.1, -0.05) is 19.8 Å². The Kier molecular flexibility index (Phi) is 13.4. The molecule has 19 heteroatoms.